The summed E-state index contributed by atoms with van der Waals surface area (Å²) in [5.74, 6) is -0.197. The molecule has 4 N–H and O–H groups in total. The molecule has 1 unspecified atom stereocenters. The molecule has 0 bridgehead atoms. The number of nitrogens with two attached hydrogens (primary N) is 1. The van der Waals surface area contributed by atoms with E-state index in [1.165, 1.54) is 0 Å². The summed E-state index contributed by atoms with van der Waals surface area (Å²) >= 11 is 0. The first-order valence-corrected chi connectivity index (χ1v) is 5.41. The maximum absolute atomic E-state index is 11.4. The van der Waals surface area contributed by atoms with E-state index >= 15 is 0 Å². The Morgan fingerprint density at radius 2 is 2.20 bits per heavy atom. The van der Waals surface area contributed by atoms with Gasteiger partial charge in [0.2, 0.25) is 5.91 Å². The fourth-order valence-electron chi connectivity index (χ4n) is 1.50. The summed E-state index contributed by atoms with van der Waals surface area (Å²) in [6, 6.07) is -0.478. The third-order valence-electron chi connectivity index (χ3n) is 2.79. The molecular weight excluding hydrogens is 196 g/mol. The van der Waals surface area contributed by atoms with Crippen molar-refractivity contribution in [2.45, 2.75) is 37.8 Å². The molecular formula is C10H20N2O3. The largest absolute Gasteiger partial charge is 0.388 e. The van der Waals surface area contributed by atoms with Crippen molar-refractivity contribution in [2.24, 2.45) is 5.73 Å². The molecule has 0 aromatic rings. The Kier molecular flexibility index (Phi) is 4.50. The van der Waals surface area contributed by atoms with Gasteiger partial charge < -0.3 is 20.9 Å². The van der Waals surface area contributed by atoms with Crippen LogP contribution >= 0.6 is 0 Å². The number of carbonyl (C=O) groups is 1. The molecule has 5 heteroatoms. The van der Waals surface area contributed by atoms with Crippen molar-refractivity contribution in [1.82, 2.24) is 5.32 Å². The highest BCUT2D eigenvalue weighted by atomic mass is 16.5. The summed E-state index contributed by atoms with van der Waals surface area (Å²) in [5.41, 5.74) is 4.74. The Bertz CT molecular complexity index is 215. The molecule has 1 saturated heterocycles. The van der Waals surface area contributed by atoms with E-state index in [1.54, 1.807) is 0 Å². The van der Waals surface area contributed by atoms with Crippen LogP contribution in [0.25, 0.3) is 0 Å². The lowest BCUT2D eigenvalue weighted by Gasteiger charge is -2.32. The Labute approximate surface area is 90.0 Å². The van der Waals surface area contributed by atoms with Crippen LogP contribution in [-0.4, -0.2) is 42.4 Å². The second-order valence-corrected chi connectivity index (χ2v) is 4.07. The van der Waals surface area contributed by atoms with Crippen LogP contribution in [0, 0.1) is 0 Å². The summed E-state index contributed by atoms with van der Waals surface area (Å²) in [6.45, 7) is 3.22. The van der Waals surface area contributed by atoms with Crippen molar-refractivity contribution < 1.29 is 14.6 Å². The van der Waals surface area contributed by atoms with Gasteiger partial charge in [-0.05, 0) is 6.42 Å². The average Bonchev–Trinajstić information content (AvgIpc) is 2.26. The van der Waals surface area contributed by atoms with Gasteiger partial charge in [0, 0.05) is 32.6 Å². The van der Waals surface area contributed by atoms with Gasteiger partial charge in [0.05, 0.1) is 11.6 Å². The minimum atomic E-state index is -0.818. The Morgan fingerprint density at radius 3 is 2.73 bits per heavy atom. The third-order valence-corrected chi connectivity index (χ3v) is 2.79. The highest BCUT2D eigenvalue weighted by Crippen LogP contribution is 2.19. The van der Waals surface area contributed by atoms with E-state index in [4.69, 9.17) is 10.5 Å². The number of hydrogen-bond acceptors (Lipinski definition) is 4. The van der Waals surface area contributed by atoms with Crippen LogP contribution < -0.4 is 11.1 Å². The zero-order chi connectivity index (χ0) is 11.3. The van der Waals surface area contributed by atoms with Crippen LogP contribution in [0.2, 0.25) is 0 Å². The normalized spacial score (nSPS) is 22.1. The molecule has 88 valence electrons. The zero-order valence-electron chi connectivity index (χ0n) is 9.16. The number of ether oxygens (including phenoxy) is 1. The van der Waals surface area contributed by atoms with Crippen LogP contribution in [0.1, 0.15) is 26.2 Å². The standard InChI is InChI=1S/C10H20N2O3/c1-2-8(11)9(13)12-7-10(14)3-5-15-6-4-10/h8,14H,2-7,11H2,1H3,(H,12,13). The molecule has 15 heavy (non-hydrogen) atoms. The minimum absolute atomic E-state index is 0.197. The molecule has 5 nitrogen and oxygen atoms in total. The van der Waals surface area contributed by atoms with Crippen LogP contribution in [0.15, 0.2) is 0 Å². The lowest BCUT2D eigenvalue weighted by atomic mass is 9.94. The summed E-state index contributed by atoms with van der Waals surface area (Å²) in [4.78, 5) is 11.4. The molecule has 1 rings (SSSR count). The van der Waals surface area contributed by atoms with Gasteiger partial charge in [-0.1, -0.05) is 6.92 Å². The molecule has 1 atom stereocenters. The van der Waals surface area contributed by atoms with Crippen molar-refractivity contribution in [2.75, 3.05) is 19.8 Å². The van der Waals surface area contributed by atoms with E-state index in [2.05, 4.69) is 5.32 Å². The van der Waals surface area contributed by atoms with E-state index in [1.807, 2.05) is 6.92 Å². The molecule has 0 saturated carbocycles. The van der Waals surface area contributed by atoms with Gasteiger partial charge >= 0.3 is 0 Å². The lowest BCUT2D eigenvalue weighted by Crippen LogP contribution is -2.50. The van der Waals surface area contributed by atoms with E-state index in [0.29, 0.717) is 32.5 Å². The van der Waals surface area contributed by atoms with Gasteiger partial charge in [0.25, 0.3) is 0 Å². The predicted molar refractivity (Wildman–Crippen MR) is 56.3 cm³/mol. The molecule has 0 radical (unpaired) electrons. The van der Waals surface area contributed by atoms with Crippen molar-refractivity contribution in [3.8, 4) is 0 Å². The molecule has 1 heterocycles. The molecule has 0 aliphatic carbocycles. The molecule has 0 aromatic heterocycles. The Balaban J connectivity index is 2.31. The van der Waals surface area contributed by atoms with Gasteiger partial charge in [-0.25, -0.2) is 0 Å². The fourth-order valence-corrected chi connectivity index (χ4v) is 1.50. The molecule has 0 spiro atoms. The van der Waals surface area contributed by atoms with Crippen molar-refractivity contribution in [3.05, 3.63) is 0 Å². The van der Waals surface area contributed by atoms with Crippen molar-refractivity contribution in [1.29, 1.82) is 0 Å². The van der Waals surface area contributed by atoms with Crippen LogP contribution in [0.5, 0.6) is 0 Å². The second-order valence-electron chi connectivity index (χ2n) is 4.07. The Hall–Kier alpha value is -0.650. The fraction of sp³-hybridized carbons (Fsp3) is 0.900. The summed E-state index contributed by atoms with van der Waals surface area (Å²) < 4.78 is 5.14. The number of rotatable bonds is 4. The quantitative estimate of drug-likeness (QED) is 0.585. The average molecular weight is 216 g/mol. The van der Waals surface area contributed by atoms with E-state index in [0.717, 1.165) is 0 Å². The topological polar surface area (TPSA) is 84.6 Å². The number of carbonyl (C=O) groups excluding carboxylic acids is 1. The van der Waals surface area contributed by atoms with Crippen molar-refractivity contribution in [3.63, 3.8) is 0 Å². The summed E-state index contributed by atoms with van der Waals surface area (Å²) in [5, 5.41) is 12.7. The number of nitrogens with one attached hydrogen (secondary N) is 1. The van der Waals surface area contributed by atoms with Crippen LogP contribution in [0.4, 0.5) is 0 Å². The number of amides is 1. The van der Waals surface area contributed by atoms with Crippen molar-refractivity contribution >= 4 is 5.91 Å². The molecule has 1 fully saturated rings. The SMILES string of the molecule is CCC(N)C(=O)NCC1(O)CCOCC1. The van der Waals surface area contributed by atoms with Gasteiger partial charge in [-0.2, -0.15) is 0 Å². The predicted octanol–water partition coefficient (Wildman–Crippen LogP) is -0.619. The highest BCUT2D eigenvalue weighted by Gasteiger charge is 2.30. The summed E-state index contributed by atoms with van der Waals surface area (Å²) in [7, 11) is 0. The molecule has 0 aromatic carbocycles. The first-order chi connectivity index (χ1) is 7.07. The minimum Gasteiger partial charge on any atom is -0.388 e. The first-order valence-electron chi connectivity index (χ1n) is 5.41. The molecule has 1 aliphatic rings. The van der Waals surface area contributed by atoms with E-state index in [-0.39, 0.29) is 12.5 Å². The van der Waals surface area contributed by atoms with Crippen LogP contribution in [0.3, 0.4) is 0 Å². The lowest BCUT2D eigenvalue weighted by molar-refractivity contribution is -0.125. The second kappa shape index (κ2) is 5.44. The van der Waals surface area contributed by atoms with Gasteiger partial charge in [0.1, 0.15) is 0 Å². The zero-order valence-corrected chi connectivity index (χ0v) is 9.16. The van der Waals surface area contributed by atoms with Gasteiger partial charge in [-0.3, -0.25) is 4.79 Å². The van der Waals surface area contributed by atoms with Gasteiger partial charge in [0.15, 0.2) is 0 Å². The molecule has 1 amide bonds. The highest BCUT2D eigenvalue weighted by molar-refractivity contribution is 5.81. The first kappa shape index (κ1) is 12.4. The van der Waals surface area contributed by atoms with E-state index < -0.39 is 11.6 Å². The maximum atomic E-state index is 11.4. The maximum Gasteiger partial charge on any atom is 0.237 e. The van der Waals surface area contributed by atoms with Gasteiger partial charge in [-0.15, -0.1) is 0 Å². The Morgan fingerprint density at radius 1 is 1.60 bits per heavy atom. The molecule has 1 aliphatic heterocycles. The van der Waals surface area contributed by atoms with Crippen LogP contribution in [-0.2, 0) is 9.53 Å². The summed E-state index contributed by atoms with van der Waals surface area (Å²) in [6.07, 6.45) is 1.73. The smallest absolute Gasteiger partial charge is 0.237 e. The number of aliphatic hydroxyl groups is 1. The number of hydrogen-bond donors (Lipinski definition) is 3. The third kappa shape index (κ3) is 3.77. The van der Waals surface area contributed by atoms with E-state index in [9.17, 15) is 9.90 Å². The monoisotopic (exact) mass is 216 g/mol.